The number of hydrogen-bond acceptors (Lipinski definition) is 3. The van der Waals surface area contributed by atoms with Crippen LogP contribution in [0.25, 0.3) is 0 Å². The molecule has 0 unspecified atom stereocenters. The lowest BCUT2D eigenvalue weighted by atomic mass is 10.1. The third-order valence-corrected chi connectivity index (χ3v) is 2.59. The molecule has 0 bridgehead atoms. The largest absolute Gasteiger partial charge is 0.479 e. The second kappa shape index (κ2) is 4.97. The molecular formula is C12H14O5. The summed E-state index contributed by atoms with van der Waals surface area (Å²) in [5.41, 5.74) is -0.533. The molecule has 0 spiro atoms. The second-order valence-corrected chi connectivity index (χ2v) is 3.86. The monoisotopic (exact) mass is 238 g/mol. The van der Waals surface area contributed by atoms with E-state index in [9.17, 15) is 9.59 Å². The van der Waals surface area contributed by atoms with Crippen molar-refractivity contribution >= 4 is 11.9 Å². The molecule has 0 heterocycles. The maximum Gasteiger partial charge on any atom is 0.347 e. The van der Waals surface area contributed by atoms with Gasteiger partial charge in [-0.3, -0.25) is 0 Å². The zero-order valence-electron chi connectivity index (χ0n) is 9.64. The maximum atomic E-state index is 10.9. The van der Waals surface area contributed by atoms with Crippen molar-refractivity contribution in [1.29, 1.82) is 0 Å². The first kappa shape index (κ1) is 13.2. The average Bonchev–Trinajstić information content (AvgIpc) is 2.27. The SMILES string of the molecule is Cc1ccccc1COC(C)(C(=O)O)C(=O)O. The summed E-state index contributed by atoms with van der Waals surface area (Å²) in [4.78, 5) is 21.7. The van der Waals surface area contributed by atoms with E-state index in [1.54, 1.807) is 12.1 Å². The van der Waals surface area contributed by atoms with Gasteiger partial charge in [-0.15, -0.1) is 0 Å². The Bertz CT molecular complexity index is 424. The molecule has 0 aliphatic carbocycles. The molecule has 1 aromatic rings. The van der Waals surface area contributed by atoms with E-state index >= 15 is 0 Å². The average molecular weight is 238 g/mol. The third kappa shape index (κ3) is 2.82. The third-order valence-electron chi connectivity index (χ3n) is 2.59. The minimum atomic E-state index is -2.22. The van der Waals surface area contributed by atoms with E-state index in [4.69, 9.17) is 14.9 Å². The molecule has 2 N–H and O–H groups in total. The van der Waals surface area contributed by atoms with Crippen molar-refractivity contribution in [2.75, 3.05) is 0 Å². The van der Waals surface area contributed by atoms with Gasteiger partial charge in [-0.1, -0.05) is 24.3 Å². The molecule has 0 aliphatic heterocycles. The van der Waals surface area contributed by atoms with Gasteiger partial charge in [-0.05, 0) is 25.0 Å². The number of carbonyl (C=O) groups is 2. The Morgan fingerprint density at radius 1 is 1.24 bits per heavy atom. The number of aliphatic carboxylic acids is 2. The standard InChI is InChI=1S/C12H14O5/c1-8-5-3-4-6-9(8)7-17-12(2,10(13)14)11(15)16/h3-6H,7H2,1-2H3,(H,13,14)(H,15,16). The topological polar surface area (TPSA) is 83.8 Å². The van der Waals surface area contributed by atoms with E-state index in [1.807, 2.05) is 19.1 Å². The van der Waals surface area contributed by atoms with Gasteiger partial charge in [0.2, 0.25) is 0 Å². The minimum absolute atomic E-state index is 0.0538. The highest BCUT2D eigenvalue weighted by molar-refractivity contribution is 6.01. The van der Waals surface area contributed by atoms with E-state index in [1.165, 1.54) is 0 Å². The predicted octanol–water partition coefficient (Wildman–Crippen LogP) is 1.44. The summed E-state index contributed by atoms with van der Waals surface area (Å²) in [5, 5.41) is 17.7. The molecular weight excluding hydrogens is 224 g/mol. The molecule has 0 aromatic heterocycles. The van der Waals surface area contributed by atoms with Crippen LogP contribution >= 0.6 is 0 Å². The van der Waals surface area contributed by atoms with Crippen LogP contribution in [0.1, 0.15) is 18.1 Å². The van der Waals surface area contributed by atoms with Crippen LogP contribution in [0, 0.1) is 6.92 Å². The summed E-state index contributed by atoms with van der Waals surface area (Å²) < 4.78 is 5.02. The maximum absolute atomic E-state index is 10.9. The smallest absolute Gasteiger partial charge is 0.347 e. The first-order chi connectivity index (χ1) is 7.88. The van der Waals surface area contributed by atoms with Crippen molar-refractivity contribution in [3.05, 3.63) is 35.4 Å². The Morgan fingerprint density at radius 3 is 2.24 bits per heavy atom. The lowest BCUT2D eigenvalue weighted by Crippen LogP contribution is -2.46. The number of ether oxygens (including phenoxy) is 1. The molecule has 1 aromatic carbocycles. The van der Waals surface area contributed by atoms with Crippen molar-refractivity contribution in [2.45, 2.75) is 26.1 Å². The molecule has 0 aliphatic rings. The highest BCUT2D eigenvalue weighted by Crippen LogP contribution is 2.16. The van der Waals surface area contributed by atoms with Crippen LogP contribution in [0.4, 0.5) is 0 Å². The van der Waals surface area contributed by atoms with Crippen LogP contribution < -0.4 is 0 Å². The summed E-state index contributed by atoms with van der Waals surface area (Å²) in [6.45, 7) is 2.81. The Hall–Kier alpha value is -1.88. The van der Waals surface area contributed by atoms with Crippen LogP contribution in [0.15, 0.2) is 24.3 Å². The molecule has 92 valence electrons. The number of carboxylic acids is 2. The minimum Gasteiger partial charge on any atom is -0.479 e. The van der Waals surface area contributed by atoms with E-state index in [-0.39, 0.29) is 6.61 Å². The lowest BCUT2D eigenvalue weighted by molar-refractivity contribution is -0.182. The molecule has 1 rings (SSSR count). The molecule has 0 saturated heterocycles. The van der Waals surface area contributed by atoms with Crippen molar-refractivity contribution in [2.24, 2.45) is 0 Å². The summed E-state index contributed by atoms with van der Waals surface area (Å²) in [7, 11) is 0. The number of carboxylic acid groups (broad SMARTS) is 2. The summed E-state index contributed by atoms with van der Waals surface area (Å²) in [6.07, 6.45) is 0. The Kier molecular flexibility index (Phi) is 3.85. The van der Waals surface area contributed by atoms with Crippen LogP contribution in [0.3, 0.4) is 0 Å². The van der Waals surface area contributed by atoms with Crippen molar-refractivity contribution < 1.29 is 24.5 Å². The second-order valence-electron chi connectivity index (χ2n) is 3.86. The van der Waals surface area contributed by atoms with Gasteiger partial charge in [-0.25, -0.2) is 9.59 Å². The van der Waals surface area contributed by atoms with Gasteiger partial charge in [0.1, 0.15) is 0 Å². The van der Waals surface area contributed by atoms with E-state index in [0.717, 1.165) is 18.1 Å². The molecule has 0 fully saturated rings. The summed E-state index contributed by atoms with van der Waals surface area (Å²) in [6, 6.07) is 7.23. The van der Waals surface area contributed by atoms with Gasteiger partial charge >= 0.3 is 11.9 Å². The zero-order chi connectivity index (χ0) is 13.1. The molecule has 0 atom stereocenters. The lowest BCUT2D eigenvalue weighted by Gasteiger charge is -2.20. The Labute approximate surface area is 98.6 Å². The number of hydrogen-bond donors (Lipinski definition) is 2. The highest BCUT2D eigenvalue weighted by Gasteiger charge is 2.43. The Morgan fingerprint density at radius 2 is 1.76 bits per heavy atom. The van der Waals surface area contributed by atoms with Gasteiger partial charge in [0.05, 0.1) is 6.61 Å². The van der Waals surface area contributed by atoms with Gasteiger partial charge in [-0.2, -0.15) is 0 Å². The van der Waals surface area contributed by atoms with E-state index in [0.29, 0.717) is 0 Å². The van der Waals surface area contributed by atoms with Gasteiger partial charge < -0.3 is 14.9 Å². The van der Waals surface area contributed by atoms with E-state index in [2.05, 4.69) is 0 Å². The van der Waals surface area contributed by atoms with Gasteiger partial charge in [0.25, 0.3) is 5.60 Å². The van der Waals surface area contributed by atoms with Crippen molar-refractivity contribution in [1.82, 2.24) is 0 Å². The van der Waals surface area contributed by atoms with Gasteiger partial charge in [0, 0.05) is 0 Å². The Balaban J connectivity index is 2.82. The quantitative estimate of drug-likeness (QED) is 0.758. The van der Waals surface area contributed by atoms with Crippen LogP contribution in [-0.4, -0.2) is 27.8 Å². The molecule has 0 saturated carbocycles. The number of rotatable bonds is 5. The molecule has 0 amide bonds. The van der Waals surface area contributed by atoms with Crippen LogP contribution in [0.5, 0.6) is 0 Å². The van der Waals surface area contributed by atoms with Crippen molar-refractivity contribution in [3.8, 4) is 0 Å². The summed E-state index contributed by atoms with van der Waals surface area (Å²) in [5.74, 6) is -3.03. The fourth-order valence-electron chi connectivity index (χ4n) is 1.21. The van der Waals surface area contributed by atoms with Crippen LogP contribution in [0.2, 0.25) is 0 Å². The van der Waals surface area contributed by atoms with Gasteiger partial charge in [0.15, 0.2) is 0 Å². The number of aryl methyl sites for hydroxylation is 1. The zero-order valence-corrected chi connectivity index (χ0v) is 9.64. The molecule has 17 heavy (non-hydrogen) atoms. The first-order valence-corrected chi connectivity index (χ1v) is 5.03. The van der Waals surface area contributed by atoms with E-state index < -0.39 is 17.5 Å². The molecule has 0 radical (unpaired) electrons. The van der Waals surface area contributed by atoms with Crippen molar-refractivity contribution in [3.63, 3.8) is 0 Å². The summed E-state index contributed by atoms with van der Waals surface area (Å²) >= 11 is 0. The highest BCUT2D eigenvalue weighted by atomic mass is 16.5. The first-order valence-electron chi connectivity index (χ1n) is 5.03. The fourth-order valence-corrected chi connectivity index (χ4v) is 1.21. The predicted molar refractivity (Wildman–Crippen MR) is 59.6 cm³/mol. The fraction of sp³-hybridized carbons (Fsp3) is 0.333. The molecule has 5 heteroatoms. The normalized spacial score (nSPS) is 11.2. The van der Waals surface area contributed by atoms with Crippen LogP contribution in [-0.2, 0) is 20.9 Å². The molecule has 5 nitrogen and oxygen atoms in total. The number of benzene rings is 1.